The minimum Gasteiger partial charge on any atom is -0.463 e. The van der Waals surface area contributed by atoms with E-state index in [-0.39, 0.29) is 22.5 Å². The van der Waals surface area contributed by atoms with Gasteiger partial charge in [0.05, 0.1) is 6.61 Å². The van der Waals surface area contributed by atoms with E-state index in [0.29, 0.717) is 17.4 Å². The minimum absolute atomic E-state index is 0.118. The largest absolute Gasteiger partial charge is 0.463 e. The first-order valence-corrected chi connectivity index (χ1v) is 11.1. The molecule has 0 aromatic heterocycles. The number of rotatable bonds is 8. The van der Waals surface area contributed by atoms with Crippen LogP contribution in [0.15, 0.2) is 40.7 Å². The highest BCUT2D eigenvalue weighted by Gasteiger charge is 2.23. The molecule has 1 heterocycles. The molecule has 1 aromatic carbocycles. The van der Waals surface area contributed by atoms with Gasteiger partial charge in [-0.15, -0.1) is 16.9 Å². The summed E-state index contributed by atoms with van der Waals surface area (Å²) < 4.78 is 5.15. The zero-order chi connectivity index (χ0) is 21.4. The van der Waals surface area contributed by atoms with Crippen LogP contribution in [0.4, 0.5) is 0 Å². The minimum atomic E-state index is -0.381. The maximum Gasteiger partial charge on any atom is 0.330 e. The SMILES string of the molecule is CCCCOC(=O)/C=C/c1cc(CSC2C=CN=NC2=O)c(C(C)(C)C)cc1Cl. The van der Waals surface area contributed by atoms with E-state index in [1.54, 1.807) is 18.4 Å². The van der Waals surface area contributed by atoms with Crippen molar-refractivity contribution in [2.24, 2.45) is 10.2 Å². The van der Waals surface area contributed by atoms with Crippen molar-refractivity contribution in [1.82, 2.24) is 0 Å². The van der Waals surface area contributed by atoms with E-state index in [0.717, 1.165) is 29.5 Å². The van der Waals surface area contributed by atoms with E-state index in [2.05, 4.69) is 31.0 Å². The molecule has 1 aliphatic heterocycles. The van der Waals surface area contributed by atoms with Gasteiger partial charge < -0.3 is 4.74 Å². The Labute approximate surface area is 181 Å². The number of esters is 1. The van der Waals surface area contributed by atoms with Gasteiger partial charge in [-0.1, -0.05) is 45.7 Å². The lowest BCUT2D eigenvalue weighted by Crippen LogP contribution is -2.17. The molecule has 0 radical (unpaired) electrons. The van der Waals surface area contributed by atoms with E-state index in [1.165, 1.54) is 17.8 Å². The maximum absolute atomic E-state index is 11.9. The van der Waals surface area contributed by atoms with E-state index >= 15 is 0 Å². The number of hydrogen-bond acceptors (Lipinski definition) is 5. The van der Waals surface area contributed by atoms with Crippen LogP contribution in [-0.2, 0) is 25.5 Å². The molecule has 156 valence electrons. The van der Waals surface area contributed by atoms with Crippen molar-refractivity contribution in [3.8, 4) is 0 Å². The molecular formula is C22H27ClN2O3S. The van der Waals surface area contributed by atoms with E-state index < -0.39 is 0 Å². The number of thioether (sulfide) groups is 1. The van der Waals surface area contributed by atoms with Gasteiger partial charge in [-0.25, -0.2) is 4.79 Å². The number of hydrogen-bond donors (Lipinski definition) is 0. The van der Waals surface area contributed by atoms with Crippen molar-refractivity contribution < 1.29 is 14.3 Å². The summed E-state index contributed by atoms with van der Waals surface area (Å²) in [6, 6.07) is 3.92. The number of carbonyl (C=O) groups is 2. The maximum atomic E-state index is 11.9. The Kier molecular flexibility index (Phi) is 8.65. The molecule has 5 nitrogen and oxygen atoms in total. The second kappa shape index (κ2) is 10.7. The molecule has 7 heteroatoms. The lowest BCUT2D eigenvalue weighted by Gasteiger charge is -2.24. The van der Waals surface area contributed by atoms with Gasteiger partial charge in [-0.3, -0.25) is 4.79 Å². The summed E-state index contributed by atoms with van der Waals surface area (Å²) in [5, 5.41) is 7.45. The van der Waals surface area contributed by atoms with Crippen LogP contribution in [0.1, 0.15) is 57.2 Å². The third kappa shape index (κ3) is 7.12. The van der Waals surface area contributed by atoms with E-state index in [4.69, 9.17) is 16.3 Å². The fraction of sp³-hybridized carbons (Fsp3) is 0.455. The van der Waals surface area contributed by atoms with Crippen molar-refractivity contribution in [3.05, 3.63) is 52.2 Å². The van der Waals surface area contributed by atoms with Gasteiger partial charge in [0, 0.05) is 23.1 Å². The standard InChI is InChI=1S/C22H27ClN2O3S/c1-5-6-11-28-20(26)8-7-15-12-16(17(13-18(15)23)22(2,3)4)14-29-19-9-10-24-25-21(19)27/h7-10,12-13,19H,5-6,11,14H2,1-4H3/b8-7+. The number of carbonyl (C=O) groups excluding carboxylic acids is 2. The molecule has 2 rings (SSSR count). The summed E-state index contributed by atoms with van der Waals surface area (Å²) in [4.78, 5) is 23.7. The number of nitrogens with zero attached hydrogens (tertiary/aromatic N) is 2. The topological polar surface area (TPSA) is 68.1 Å². The summed E-state index contributed by atoms with van der Waals surface area (Å²) >= 11 is 7.98. The predicted octanol–water partition coefficient (Wildman–Crippen LogP) is 6.10. The first kappa shape index (κ1) is 23.4. The fourth-order valence-corrected chi connectivity index (χ4v) is 3.95. The average Bonchev–Trinajstić information content (AvgIpc) is 2.66. The van der Waals surface area contributed by atoms with Gasteiger partial charge in [-0.05, 0) is 52.8 Å². The average molecular weight is 435 g/mol. The molecule has 0 saturated carbocycles. The van der Waals surface area contributed by atoms with Crippen LogP contribution in [-0.4, -0.2) is 23.7 Å². The van der Waals surface area contributed by atoms with Gasteiger partial charge in [0.15, 0.2) is 0 Å². The number of ether oxygens (including phenoxy) is 1. The lowest BCUT2D eigenvalue weighted by molar-refractivity contribution is -0.137. The molecule has 0 spiro atoms. The molecule has 1 unspecified atom stereocenters. The van der Waals surface area contributed by atoms with Crippen LogP contribution in [0.3, 0.4) is 0 Å². The second-order valence-corrected chi connectivity index (χ2v) is 9.30. The smallest absolute Gasteiger partial charge is 0.330 e. The van der Waals surface area contributed by atoms with E-state index in [1.807, 2.05) is 19.1 Å². The van der Waals surface area contributed by atoms with Crippen molar-refractivity contribution in [1.29, 1.82) is 0 Å². The molecule has 1 amide bonds. The highest BCUT2D eigenvalue weighted by atomic mass is 35.5. The highest BCUT2D eigenvalue weighted by molar-refractivity contribution is 8.00. The van der Waals surface area contributed by atoms with Gasteiger partial charge in [0.25, 0.3) is 5.91 Å². The van der Waals surface area contributed by atoms with Crippen molar-refractivity contribution in [3.63, 3.8) is 0 Å². The Morgan fingerprint density at radius 3 is 2.76 bits per heavy atom. The highest BCUT2D eigenvalue weighted by Crippen LogP contribution is 2.34. The van der Waals surface area contributed by atoms with Crippen LogP contribution in [0.2, 0.25) is 5.02 Å². The molecule has 1 aliphatic rings. The number of azo groups is 1. The molecule has 1 atom stereocenters. The normalized spacial score (nSPS) is 16.6. The monoisotopic (exact) mass is 434 g/mol. The third-order valence-electron chi connectivity index (χ3n) is 4.32. The number of unbranched alkanes of at least 4 members (excludes halogenated alkanes) is 1. The van der Waals surface area contributed by atoms with Gasteiger partial charge in [0.1, 0.15) is 5.25 Å². The number of benzene rings is 1. The zero-order valence-electron chi connectivity index (χ0n) is 17.3. The molecule has 29 heavy (non-hydrogen) atoms. The van der Waals surface area contributed by atoms with Gasteiger partial charge in [0.2, 0.25) is 0 Å². The van der Waals surface area contributed by atoms with Crippen LogP contribution in [0.5, 0.6) is 0 Å². The molecule has 0 saturated heterocycles. The van der Waals surface area contributed by atoms with Crippen molar-refractivity contribution in [2.75, 3.05) is 6.61 Å². The first-order valence-electron chi connectivity index (χ1n) is 9.63. The Morgan fingerprint density at radius 1 is 1.34 bits per heavy atom. The summed E-state index contributed by atoms with van der Waals surface area (Å²) in [5.74, 6) is -0.0192. The Balaban J connectivity index is 2.22. The Hall–Kier alpha value is -1.92. The third-order valence-corrected chi connectivity index (χ3v) is 5.84. The van der Waals surface area contributed by atoms with Crippen LogP contribution in [0.25, 0.3) is 6.08 Å². The van der Waals surface area contributed by atoms with Gasteiger partial charge >= 0.3 is 5.97 Å². The van der Waals surface area contributed by atoms with Crippen LogP contribution in [0, 0.1) is 0 Å². The van der Waals surface area contributed by atoms with Crippen LogP contribution >= 0.6 is 23.4 Å². The summed E-state index contributed by atoms with van der Waals surface area (Å²) in [6.07, 6.45) is 8.19. The Bertz CT molecular complexity index is 841. The first-order chi connectivity index (χ1) is 13.7. The second-order valence-electron chi connectivity index (χ2n) is 7.76. The molecule has 0 bridgehead atoms. The quantitative estimate of drug-likeness (QED) is 0.281. The molecular weight excluding hydrogens is 408 g/mol. The van der Waals surface area contributed by atoms with Crippen molar-refractivity contribution >= 4 is 41.3 Å². The fourth-order valence-electron chi connectivity index (χ4n) is 2.76. The predicted molar refractivity (Wildman–Crippen MR) is 119 cm³/mol. The van der Waals surface area contributed by atoms with Crippen molar-refractivity contribution in [2.45, 2.75) is 57.0 Å². The summed E-state index contributed by atoms with van der Waals surface area (Å²) in [6.45, 7) is 8.81. The molecule has 1 aromatic rings. The lowest BCUT2D eigenvalue weighted by atomic mass is 9.83. The van der Waals surface area contributed by atoms with E-state index in [9.17, 15) is 9.59 Å². The summed E-state index contributed by atoms with van der Waals surface area (Å²) in [5.41, 5.74) is 2.79. The number of halogens is 1. The van der Waals surface area contributed by atoms with Gasteiger partial charge in [-0.2, -0.15) is 5.11 Å². The molecule has 0 aliphatic carbocycles. The molecule has 0 N–H and O–H groups in total. The molecule has 0 fully saturated rings. The van der Waals surface area contributed by atoms with Crippen LogP contribution < -0.4 is 0 Å². The zero-order valence-corrected chi connectivity index (χ0v) is 18.8. The summed E-state index contributed by atoms with van der Waals surface area (Å²) in [7, 11) is 0. The Morgan fingerprint density at radius 2 is 2.10 bits per heavy atom. The number of amides is 1.